The molecule has 176 valence electrons. The van der Waals surface area contributed by atoms with Crippen LogP contribution in [0, 0.1) is 11.3 Å². The van der Waals surface area contributed by atoms with Gasteiger partial charge in [0.15, 0.2) is 5.96 Å². The van der Waals surface area contributed by atoms with E-state index in [4.69, 9.17) is 9.73 Å². The summed E-state index contributed by atoms with van der Waals surface area (Å²) in [6, 6.07) is 5.75. The summed E-state index contributed by atoms with van der Waals surface area (Å²) in [4.78, 5) is 7.00. The molecule has 2 fully saturated rings. The lowest BCUT2D eigenvalue weighted by Crippen LogP contribution is -2.41. The molecule has 0 saturated carbocycles. The number of nitrogens with zero attached hydrogens (tertiary/aromatic N) is 2. The summed E-state index contributed by atoms with van der Waals surface area (Å²) in [5, 5.41) is 13.1. The molecule has 0 bridgehead atoms. The summed E-state index contributed by atoms with van der Waals surface area (Å²) in [6.45, 7) is 6.62. The first-order chi connectivity index (χ1) is 14.3. The maximum absolute atomic E-state index is 12.3. The number of ether oxygens (including phenoxy) is 2. The van der Waals surface area contributed by atoms with Crippen LogP contribution in [-0.4, -0.2) is 68.3 Å². The van der Waals surface area contributed by atoms with E-state index < -0.39 is 6.36 Å². The van der Waals surface area contributed by atoms with E-state index in [9.17, 15) is 18.3 Å². The maximum atomic E-state index is 12.3. The van der Waals surface area contributed by atoms with E-state index >= 15 is 0 Å². The van der Waals surface area contributed by atoms with Gasteiger partial charge in [-0.1, -0.05) is 12.1 Å². The van der Waals surface area contributed by atoms with Gasteiger partial charge in [-0.15, -0.1) is 37.1 Å². The summed E-state index contributed by atoms with van der Waals surface area (Å²) < 4.78 is 46.3. The topological polar surface area (TPSA) is 66.3 Å². The lowest BCUT2D eigenvalue weighted by Gasteiger charge is -2.25. The van der Waals surface area contributed by atoms with Crippen molar-refractivity contribution in [3.8, 4) is 5.75 Å². The third-order valence-corrected chi connectivity index (χ3v) is 5.70. The van der Waals surface area contributed by atoms with Crippen molar-refractivity contribution in [2.75, 3.05) is 46.0 Å². The number of halogens is 4. The minimum Gasteiger partial charge on any atom is -0.406 e. The van der Waals surface area contributed by atoms with Crippen molar-refractivity contribution in [2.24, 2.45) is 16.3 Å². The van der Waals surface area contributed by atoms with Gasteiger partial charge in [0, 0.05) is 50.7 Å². The Balaban J connectivity index is 0.00000341. The van der Waals surface area contributed by atoms with Gasteiger partial charge in [0.2, 0.25) is 0 Å². The lowest BCUT2D eigenvalue weighted by molar-refractivity contribution is -0.274. The van der Waals surface area contributed by atoms with Crippen LogP contribution in [0.4, 0.5) is 13.2 Å². The summed E-state index contributed by atoms with van der Waals surface area (Å²) in [7, 11) is 0. The molecule has 31 heavy (non-hydrogen) atoms. The predicted octanol–water partition coefficient (Wildman–Crippen LogP) is 3.43. The van der Waals surface area contributed by atoms with Crippen LogP contribution >= 0.6 is 24.0 Å². The van der Waals surface area contributed by atoms with Gasteiger partial charge in [-0.2, -0.15) is 0 Å². The van der Waals surface area contributed by atoms with Gasteiger partial charge < -0.3 is 24.8 Å². The van der Waals surface area contributed by atoms with Gasteiger partial charge in [0.25, 0.3) is 0 Å². The minimum atomic E-state index is -4.70. The Labute approximate surface area is 198 Å². The summed E-state index contributed by atoms with van der Waals surface area (Å²) in [5.74, 6) is 0.464. The molecule has 6 nitrogen and oxygen atoms in total. The van der Waals surface area contributed by atoms with Gasteiger partial charge in [0.1, 0.15) is 5.75 Å². The minimum absolute atomic E-state index is 0. The van der Waals surface area contributed by atoms with Gasteiger partial charge in [-0.3, -0.25) is 4.99 Å². The van der Waals surface area contributed by atoms with E-state index in [-0.39, 0.29) is 47.7 Å². The SMILES string of the molecule is CCNC(=NCC(CO)Cc1ccc(OC(F)(F)F)cc1)N1CCC2(CCOC2)C1.I. The molecule has 0 aromatic heterocycles. The molecule has 1 spiro atoms. The number of aliphatic imine (C=N–C) groups is 1. The fourth-order valence-electron chi connectivity index (χ4n) is 4.08. The highest BCUT2D eigenvalue weighted by Gasteiger charge is 2.42. The molecule has 2 aliphatic rings. The molecule has 2 aliphatic heterocycles. The quantitative estimate of drug-likeness (QED) is 0.306. The van der Waals surface area contributed by atoms with Crippen molar-refractivity contribution >= 4 is 29.9 Å². The Hall–Kier alpha value is -1.27. The molecule has 2 unspecified atom stereocenters. The first-order valence-electron chi connectivity index (χ1n) is 10.4. The van der Waals surface area contributed by atoms with Gasteiger partial charge in [-0.25, -0.2) is 0 Å². The summed E-state index contributed by atoms with van der Waals surface area (Å²) in [6.07, 6.45) is -2.02. The fraction of sp³-hybridized carbons (Fsp3) is 0.667. The number of hydrogen-bond acceptors (Lipinski definition) is 4. The number of alkyl halides is 3. The molecule has 3 rings (SSSR count). The number of benzene rings is 1. The van der Waals surface area contributed by atoms with Gasteiger partial charge >= 0.3 is 6.36 Å². The third kappa shape index (κ3) is 7.67. The molecule has 0 radical (unpaired) electrons. The van der Waals surface area contributed by atoms with Crippen LogP contribution in [0.25, 0.3) is 0 Å². The number of nitrogens with one attached hydrogen (secondary N) is 1. The molecule has 10 heteroatoms. The highest BCUT2D eigenvalue weighted by molar-refractivity contribution is 14.0. The Kier molecular flexibility index (Phi) is 9.68. The zero-order valence-corrected chi connectivity index (χ0v) is 20.0. The predicted molar refractivity (Wildman–Crippen MR) is 123 cm³/mol. The van der Waals surface area contributed by atoms with Crippen LogP contribution in [0.1, 0.15) is 25.3 Å². The Morgan fingerprint density at radius 1 is 1.32 bits per heavy atom. The number of rotatable bonds is 7. The molecule has 2 saturated heterocycles. The van der Waals surface area contributed by atoms with Crippen molar-refractivity contribution in [3.05, 3.63) is 29.8 Å². The van der Waals surface area contributed by atoms with E-state index in [0.717, 1.165) is 57.2 Å². The number of aliphatic hydroxyl groups excluding tert-OH is 1. The van der Waals surface area contributed by atoms with E-state index in [1.807, 2.05) is 6.92 Å². The molecule has 2 N–H and O–H groups in total. The van der Waals surface area contributed by atoms with Crippen molar-refractivity contribution in [3.63, 3.8) is 0 Å². The summed E-state index contributed by atoms with van der Waals surface area (Å²) >= 11 is 0. The van der Waals surface area contributed by atoms with Gasteiger partial charge in [0.05, 0.1) is 6.61 Å². The lowest BCUT2D eigenvalue weighted by atomic mass is 9.87. The molecule has 1 aromatic rings. The number of hydrogen-bond donors (Lipinski definition) is 2. The molecule has 0 amide bonds. The average Bonchev–Trinajstić information content (AvgIpc) is 3.34. The van der Waals surface area contributed by atoms with Crippen LogP contribution in [0.15, 0.2) is 29.3 Å². The number of guanidine groups is 1. The first-order valence-corrected chi connectivity index (χ1v) is 10.4. The molecule has 0 aliphatic carbocycles. The first kappa shape index (κ1) is 26.0. The highest BCUT2D eigenvalue weighted by Crippen LogP contribution is 2.38. The van der Waals surface area contributed by atoms with Crippen molar-refractivity contribution in [1.82, 2.24) is 10.2 Å². The van der Waals surface area contributed by atoms with Crippen molar-refractivity contribution in [1.29, 1.82) is 0 Å². The monoisotopic (exact) mass is 557 g/mol. The zero-order valence-electron chi connectivity index (χ0n) is 17.7. The third-order valence-electron chi connectivity index (χ3n) is 5.70. The van der Waals surface area contributed by atoms with Crippen molar-refractivity contribution in [2.45, 2.75) is 32.5 Å². The Bertz CT molecular complexity index is 710. The Morgan fingerprint density at radius 2 is 2.06 bits per heavy atom. The zero-order chi connectivity index (χ0) is 21.6. The standard InChI is InChI=1S/C21H30F3N3O3.HI/c1-2-25-19(27-9-7-20(14-27)8-10-29-15-20)26-12-17(13-28)11-16-3-5-18(6-4-16)30-21(22,23)24;/h3-6,17,28H,2,7-15H2,1H3,(H,25,26);1H. The van der Waals surface area contributed by atoms with Crippen LogP contribution in [0.5, 0.6) is 5.75 Å². The van der Waals surface area contributed by atoms with Crippen LogP contribution in [-0.2, 0) is 11.2 Å². The number of aliphatic hydroxyl groups is 1. The maximum Gasteiger partial charge on any atom is 0.573 e. The van der Waals surface area contributed by atoms with Crippen LogP contribution in [0.3, 0.4) is 0 Å². The van der Waals surface area contributed by atoms with Crippen LogP contribution < -0.4 is 10.1 Å². The smallest absolute Gasteiger partial charge is 0.406 e. The van der Waals surface area contributed by atoms with E-state index in [1.165, 1.54) is 12.1 Å². The van der Waals surface area contributed by atoms with E-state index in [1.54, 1.807) is 12.1 Å². The Morgan fingerprint density at radius 3 is 2.65 bits per heavy atom. The fourth-order valence-corrected chi connectivity index (χ4v) is 4.08. The molecule has 2 atom stereocenters. The second-order valence-corrected chi connectivity index (χ2v) is 8.11. The van der Waals surface area contributed by atoms with E-state index in [2.05, 4.69) is 15.0 Å². The molecular weight excluding hydrogens is 526 g/mol. The largest absolute Gasteiger partial charge is 0.573 e. The summed E-state index contributed by atoms with van der Waals surface area (Å²) in [5.41, 5.74) is 1.05. The second kappa shape index (κ2) is 11.6. The number of likely N-dealkylation sites (tertiary alicyclic amines) is 1. The average molecular weight is 557 g/mol. The van der Waals surface area contributed by atoms with Crippen LogP contribution in [0.2, 0.25) is 0 Å². The van der Waals surface area contributed by atoms with E-state index in [0.29, 0.717) is 13.0 Å². The van der Waals surface area contributed by atoms with Gasteiger partial charge in [-0.05, 0) is 43.9 Å². The normalized spacial score (nSPS) is 22.5. The molecule has 2 heterocycles. The molecule has 1 aromatic carbocycles. The van der Waals surface area contributed by atoms with Crippen molar-refractivity contribution < 1.29 is 27.8 Å². The molecular formula is C21H31F3IN3O3. The highest BCUT2D eigenvalue weighted by atomic mass is 127. The second-order valence-electron chi connectivity index (χ2n) is 8.11.